The van der Waals surface area contributed by atoms with E-state index in [4.69, 9.17) is 9.72 Å². The van der Waals surface area contributed by atoms with Gasteiger partial charge in [0.25, 0.3) is 0 Å². The van der Waals surface area contributed by atoms with Crippen molar-refractivity contribution in [3.8, 4) is 5.75 Å². The molecule has 0 bridgehead atoms. The van der Waals surface area contributed by atoms with Gasteiger partial charge in [0.1, 0.15) is 11.6 Å². The molecule has 1 N–H and O–H groups in total. The highest BCUT2D eigenvalue weighted by molar-refractivity contribution is 5.79. The summed E-state index contributed by atoms with van der Waals surface area (Å²) >= 11 is 0. The van der Waals surface area contributed by atoms with E-state index < -0.39 is 5.97 Å². The number of carbonyl (C=O) groups is 1. The highest BCUT2D eigenvalue weighted by atomic mass is 16.5. The zero-order chi connectivity index (χ0) is 21.2. The molecule has 2 aromatic rings. The number of fused-ring (bicyclic) bond motifs is 1. The molecule has 1 aromatic carbocycles. The monoisotopic (exact) mass is 423 g/mol. The van der Waals surface area contributed by atoms with E-state index in [0.29, 0.717) is 25.6 Å². The van der Waals surface area contributed by atoms with Crippen LogP contribution in [0, 0.1) is 17.8 Å². The Morgan fingerprint density at radius 3 is 2.58 bits per heavy atom. The molecule has 0 spiro atoms. The van der Waals surface area contributed by atoms with Crippen LogP contribution < -0.4 is 4.74 Å². The minimum Gasteiger partial charge on any atom is -0.490 e. The second-order valence-corrected chi connectivity index (χ2v) is 9.76. The van der Waals surface area contributed by atoms with E-state index in [9.17, 15) is 9.90 Å². The first kappa shape index (κ1) is 20.7. The molecule has 3 aliphatic rings. The number of carboxylic acid groups (broad SMARTS) is 1. The standard InChI is InChI=1S/C25H33N3O3/c29-25(30)19-11-12-28(15-19)16-24-26-14-20-13-22(9-10-23(20)27-24)31-21-7-5-18(6-8-21)17-3-1-2-4-17/h9-10,13-14,17-19,21H,1-8,11-12,15-16H2,(H,29,30). The summed E-state index contributed by atoms with van der Waals surface area (Å²) in [6, 6.07) is 6.10. The summed E-state index contributed by atoms with van der Waals surface area (Å²) in [4.78, 5) is 22.5. The van der Waals surface area contributed by atoms with E-state index in [1.165, 1.54) is 51.4 Å². The summed E-state index contributed by atoms with van der Waals surface area (Å²) in [7, 11) is 0. The Morgan fingerprint density at radius 2 is 1.84 bits per heavy atom. The van der Waals surface area contributed by atoms with Crippen LogP contribution in [0.15, 0.2) is 24.4 Å². The normalized spacial score (nSPS) is 27.7. The van der Waals surface area contributed by atoms with Gasteiger partial charge in [-0.1, -0.05) is 25.7 Å². The zero-order valence-electron chi connectivity index (χ0n) is 18.2. The molecular formula is C25H33N3O3. The Kier molecular flexibility index (Phi) is 6.08. The molecule has 166 valence electrons. The zero-order valence-corrected chi connectivity index (χ0v) is 18.2. The van der Waals surface area contributed by atoms with Crippen molar-refractivity contribution in [2.75, 3.05) is 13.1 Å². The predicted molar refractivity (Wildman–Crippen MR) is 119 cm³/mol. The van der Waals surface area contributed by atoms with Crippen molar-refractivity contribution in [3.63, 3.8) is 0 Å². The lowest BCUT2D eigenvalue weighted by Gasteiger charge is -2.32. The molecule has 31 heavy (non-hydrogen) atoms. The number of benzene rings is 1. The molecule has 2 heterocycles. The first-order chi connectivity index (χ1) is 15.1. The Bertz CT molecular complexity index is 919. The molecule has 0 radical (unpaired) electrons. The van der Waals surface area contributed by atoms with E-state index in [-0.39, 0.29) is 5.92 Å². The number of hydrogen-bond donors (Lipinski definition) is 1. The number of aromatic nitrogens is 2. The number of likely N-dealkylation sites (tertiary alicyclic amines) is 1. The Morgan fingerprint density at radius 1 is 1.06 bits per heavy atom. The van der Waals surface area contributed by atoms with Crippen molar-refractivity contribution in [1.82, 2.24) is 14.9 Å². The molecule has 6 heteroatoms. The Hall–Kier alpha value is -2.21. The van der Waals surface area contributed by atoms with Crippen molar-refractivity contribution < 1.29 is 14.6 Å². The van der Waals surface area contributed by atoms with Crippen LogP contribution in [0.1, 0.15) is 63.6 Å². The van der Waals surface area contributed by atoms with Gasteiger partial charge in [-0.3, -0.25) is 9.69 Å². The average molecular weight is 424 g/mol. The molecule has 6 nitrogen and oxygen atoms in total. The van der Waals surface area contributed by atoms with Crippen molar-refractivity contribution in [2.45, 2.75) is 70.4 Å². The van der Waals surface area contributed by atoms with Gasteiger partial charge in [0.2, 0.25) is 0 Å². The maximum absolute atomic E-state index is 11.2. The lowest BCUT2D eigenvalue weighted by molar-refractivity contribution is -0.141. The SMILES string of the molecule is O=C(O)C1CCN(Cc2ncc3cc(OC4CCC(C5CCCC5)CC4)ccc3n2)C1. The van der Waals surface area contributed by atoms with Gasteiger partial charge in [-0.2, -0.15) is 0 Å². The topological polar surface area (TPSA) is 75.5 Å². The molecule has 2 saturated carbocycles. The summed E-state index contributed by atoms with van der Waals surface area (Å²) < 4.78 is 6.33. The second-order valence-electron chi connectivity index (χ2n) is 9.76. The van der Waals surface area contributed by atoms with Gasteiger partial charge in [0.15, 0.2) is 0 Å². The number of hydrogen-bond acceptors (Lipinski definition) is 5. The third kappa shape index (κ3) is 4.84. The van der Waals surface area contributed by atoms with Crippen LogP contribution >= 0.6 is 0 Å². The minimum atomic E-state index is -0.707. The van der Waals surface area contributed by atoms with E-state index in [0.717, 1.165) is 40.9 Å². The highest BCUT2D eigenvalue weighted by Crippen LogP contribution is 2.40. The molecular weight excluding hydrogens is 390 g/mol. The summed E-state index contributed by atoms with van der Waals surface area (Å²) in [5, 5.41) is 10.2. The molecule has 1 saturated heterocycles. The van der Waals surface area contributed by atoms with Crippen LogP contribution in [0.5, 0.6) is 5.75 Å². The quantitative estimate of drug-likeness (QED) is 0.728. The first-order valence-electron chi connectivity index (χ1n) is 12.0. The highest BCUT2D eigenvalue weighted by Gasteiger charge is 2.30. The fourth-order valence-corrected chi connectivity index (χ4v) is 5.88. The molecule has 1 aromatic heterocycles. The average Bonchev–Trinajstić information content (AvgIpc) is 3.47. The van der Waals surface area contributed by atoms with Crippen molar-refractivity contribution in [1.29, 1.82) is 0 Å². The number of rotatable bonds is 6. The fourth-order valence-electron chi connectivity index (χ4n) is 5.88. The summed E-state index contributed by atoms with van der Waals surface area (Å²) in [6.07, 6.45) is 13.6. The van der Waals surface area contributed by atoms with Crippen LogP contribution in [-0.2, 0) is 11.3 Å². The van der Waals surface area contributed by atoms with Crippen LogP contribution in [0.4, 0.5) is 0 Å². The third-order valence-electron chi connectivity index (χ3n) is 7.68. The number of ether oxygens (including phenoxy) is 1. The van der Waals surface area contributed by atoms with Gasteiger partial charge in [-0.05, 0) is 68.7 Å². The van der Waals surface area contributed by atoms with E-state index in [2.05, 4.69) is 16.0 Å². The fraction of sp³-hybridized carbons (Fsp3) is 0.640. The Balaban J connectivity index is 1.17. The summed E-state index contributed by atoms with van der Waals surface area (Å²) in [6.45, 7) is 1.96. The lowest BCUT2D eigenvalue weighted by atomic mass is 9.78. The molecule has 1 unspecified atom stereocenters. The van der Waals surface area contributed by atoms with Crippen LogP contribution in [0.2, 0.25) is 0 Å². The summed E-state index contributed by atoms with van der Waals surface area (Å²) in [5.41, 5.74) is 0.913. The van der Waals surface area contributed by atoms with Gasteiger partial charge < -0.3 is 9.84 Å². The largest absolute Gasteiger partial charge is 0.490 e. The predicted octanol–water partition coefficient (Wildman–Crippen LogP) is 4.66. The molecule has 1 atom stereocenters. The molecule has 0 amide bonds. The van der Waals surface area contributed by atoms with Gasteiger partial charge in [-0.25, -0.2) is 9.97 Å². The van der Waals surface area contributed by atoms with Crippen LogP contribution in [0.25, 0.3) is 10.9 Å². The van der Waals surface area contributed by atoms with Crippen molar-refractivity contribution in [2.24, 2.45) is 17.8 Å². The molecule has 1 aliphatic heterocycles. The summed E-state index contributed by atoms with van der Waals surface area (Å²) in [5.74, 6) is 2.58. The number of nitrogens with zero attached hydrogens (tertiary/aromatic N) is 3. The third-order valence-corrected chi connectivity index (χ3v) is 7.68. The number of aliphatic carboxylic acids is 1. The first-order valence-corrected chi connectivity index (χ1v) is 12.0. The van der Waals surface area contributed by atoms with Crippen molar-refractivity contribution in [3.05, 3.63) is 30.2 Å². The smallest absolute Gasteiger partial charge is 0.307 e. The second kappa shape index (κ2) is 9.11. The van der Waals surface area contributed by atoms with Gasteiger partial charge in [0.05, 0.1) is 24.1 Å². The Labute approximate surface area is 184 Å². The maximum Gasteiger partial charge on any atom is 0.307 e. The van der Waals surface area contributed by atoms with E-state index >= 15 is 0 Å². The van der Waals surface area contributed by atoms with Gasteiger partial charge in [0, 0.05) is 18.1 Å². The van der Waals surface area contributed by atoms with Crippen molar-refractivity contribution >= 4 is 16.9 Å². The molecule has 2 aliphatic carbocycles. The number of carboxylic acids is 1. The van der Waals surface area contributed by atoms with Crippen LogP contribution in [0.3, 0.4) is 0 Å². The van der Waals surface area contributed by atoms with Crippen LogP contribution in [-0.4, -0.2) is 45.1 Å². The van der Waals surface area contributed by atoms with E-state index in [1.807, 2.05) is 18.3 Å². The van der Waals surface area contributed by atoms with Gasteiger partial charge in [-0.15, -0.1) is 0 Å². The molecule has 5 rings (SSSR count). The van der Waals surface area contributed by atoms with E-state index in [1.54, 1.807) is 0 Å². The molecule has 3 fully saturated rings. The lowest BCUT2D eigenvalue weighted by Crippen LogP contribution is -2.27. The maximum atomic E-state index is 11.2. The minimum absolute atomic E-state index is 0.270. The van der Waals surface area contributed by atoms with Gasteiger partial charge >= 0.3 is 5.97 Å².